The van der Waals surface area contributed by atoms with E-state index >= 15 is 0 Å². The van der Waals surface area contributed by atoms with E-state index in [0.29, 0.717) is 17.2 Å². The molecule has 0 fully saturated rings. The summed E-state index contributed by atoms with van der Waals surface area (Å²) in [4.78, 5) is 51.0. The van der Waals surface area contributed by atoms with Gasteiger partial charge in [0.2, 0.25) is 0 Å². The maximum atomic E-state index is 13.2. The van der Waals surface area contributed by atoms with Gasteiger partial charge in [0.15, 0.2) is 23.0 Å². The van der Waals surface area contributed by atoms with Crippen molar-refractivity contribution in [2.24, 2.45) is 7.05 Å². The lowest BCUT2D eigenvalue weighted by Gasteiger charge is -2.14. The van der Waals surface area contributed by atoms with E-state index in [-0.39, 0.29) is 33.0 Å². The highest BCUT2D eigenvalue weighted by molar-refractivity contribution is 5.98. The van der Waals surface area contributed by atoms with Crippen LogP contribution in [0.2, 0.25) is 0 Å². The van der Waals surface area contributed by atoms with E-state index in [1.165, 1.54) is 32.4 Å². The molecule has 3 aromatic carbocycles. The first-order valence-corrected chi connectivity index (χ1v) is 10.6. The van der Waals surface area contributed by atoms with Crippen molar-refractivity contribution >= 4 is 21.5 Å². The van der Waals surface area contributed by atoms with Gasteiger partial charge in [0, 0.05) is 13.1 Å². The highest BCUT2D eigenvalue weighted by atomic mass is 16.5. The summed E-state index contributed by atoms with van der Waals surface area (Å²) in [7, 11) is 4.34. The lowest BCUT2D eigenvalue weighted by atomic mass is 10.1. The molecule has 176 valence electrons. The standard InChI is InChI=1S/C26H20N2O7/c1-13-5-7-19(21(9-13)33-3)35-20-8-6-14(10-22(20)34-4)28-25(31)17-11-15-16(12-18(17)26(28)32)24(30)27(2)23(15)29/h5-12H,1-4H3. The SMILES string of the molecule is COc1cc(C)ccc1Oc1ccc(-n2c(=O)c3cc4c(=O)n(C)c(=O)c4cc3c2=O)cc1OC. The lowest BCUT2D eigenvalue weighted by Crippen LogP contribution is -2.23. The van der Waals surface area contributed by atoms with Crippen molar-refractivity contribution < 1.29 is 14.2 Å². The molecule has 35 heavy (non-hydrogen) atoms. The second-order valence-electron chi connectivity index (χ2n) is 8.15. The highest BCUT2D eigenvalue weighted by Gasteiger charge is 2.20. The molecule has 0 saturated heterocycles. The number of rotatable bonds is 5. The van der Waals surface area contributed by atoms with E-state index in [1.807, 2.05) is 19.1 Å². The summed E-state index contributed by atoms with van der Waals surface area (Å²) < 4.78 is 18.8. The summed E-state index contributed by atoms with van der Waals surface area (Å²) in [5.41, 5.74) is -0.964. The van der Waals surface area contributed by atoms with Crippen LogP contribution in [-0.4, -0.2) is 23.4 Å². The monoisotopic (exact) mass is 472 g/mol. The van der Waals surface area contributed by atoms with Gasteiger partial charge in [0.25, 0.3) is 22.2 Å². The van der Waals surface area contributed by atoms with Gasteiger partial charge in [-0.2, -0.15) is 0 Å². The van der Waals surface area contributed by atoms with Crippen molar-refractivity contribution in [3.63, 3.8) is 0 Å². The van der Waals surface area contributed by atoms with Crippen molar-refractivity contribution in [2.45, 2.75) is 6.92 Å². The molecule has 0 aliphatic heterocycles. The topological polar surface area (TPSA) is 106 Å². The summed E-state index contributed by atoms with van der Waals surface area (Å²) in [5.74, 6) is 1.65. The Labute approximate surface area is 197 Å². The molecule has 0 saturated carbocycles. The maximum Gasteiger partial charge on any atom is 0.266 e. The zero-order chi connectivity index (χ0) is 25.0. The molecule has 5 aromatic rings. The number of fused-ring (bicyclic) bond motifs is 2. The van der Waals surface area contributed by atoms with Crippen LogP contribution in [0.5, 0.6) is 23.0 Å². The lowest BCUT2D eigenvalue weighted by molar-refractivity contribution is 0.356. The summed E-state index contributed by atoms with van der Waals surface area (Å²) in [6.45, 7) is 1.93. The minimum absolute atomic E-state index is 0.0638. The van der Waals surface area contributed by atoms with Gasteiger partial charge in [-0.25, -0.2) is 4.57 Å². The third kappa shape index (κ3) is 3.31. The Morgan fingerprint density at radius 3 is 1.63 bits per heavy atom. The van der Waals surface area contributed by atoms with Crippen molar-refractivity contribution in [3.05, 3.63) is 95.5 Å². The summed E-state index contributed by atoms with van der Waals surface area (Å²) in [6, 6.07) is 12.7. The Morgan fingerprint density at radius 1 is 0.600 bits per heavy atom. The molecule has 2 heterocycles. The Morgan fingerprint density at radius 2 is 1.09 bits per heavy atom. The van der Waals surface area contributed by atoms with Crippen LogP contribution in [0, 0.1) is 6.92 Å². The molecule has 5 rings (SSSR count). The van der Waals surface area contributed by atoms with Gasteiger partial charge in [0.1, 0.15) is 0 Å². The molecule has 0 aliphatic carbocycles. The fourth-order valence-corrected chi connectivity index (χ4v) is 4.19. The first kappa shape index (κ1) is 22.1. The van der Waals surface area contributed by atoms with Crippen LogP contribution in [-0.2, 0) is 7.05 Å². The Hall–Kier alpha value is -4.66. The number of aryl methyl sites for hydroxylation is 1. The predicted molar refractivity (Wildman–Crippen MR) is 132 cm³/mol. The number of hydrogen-bond donors (Lipinski definition) is 0. The average Bonchev–Trinajstić information content (AvgIpc) is 3.23. The van der Waals surface area contributed by atoms with E-state index in [9.17, 15) is 19.2 Å². The molecule has 0 unspecified atom stereocenters. The molecule has 0 bridgehead atoms. The summed E-state index contributed by atoms with van der Waals surface area (Å²) in [6.07, 6.45) is 0. The first-order valence-electron chi connectivity index (χ1n) is 10.6. The van der Waals surface area contributed by atoms with Gasteiger partial charge in [0.05, 0.1) is 41.5 Å². The van der Waals surface area contributed by atoms with E-state index in [4.69, 9.17) is 14.2 Å². The van der Waals surface area contributed by atoms with E-state index in [2.05, 4.69) is 0 Å². The summed E-state index contributed by atoms with van der Waals surface area (Å²) in [5, 5.41) is 0.336. The number of ether oxygens (including phenoxy) is 3. The molecule has 0 radical (unpaired) electrons. The van der Waals surface area contributed by atoms with Crippen LogP contribution < -0.4 is 36.4 Å². The molecule has 0 spiro atoms. The molecular formula is C26H20N2O7. The third-order valence-electron chi connectivity index (χ3n) is 6.04. The van der Waals surface area contributed by atoms with E-state index in [1.54, 1.807) is 25.3 Å². The molecule has 9 nitrogen and oxygen atoms in total. The normalized spacial score (nSPS) is 11.3. The number of aromatic nitrogens is 2. The molecule has 0 N–H and O–H groups in total. The fraction of sp³-hybridized carbons (Fsp3) is 0.154. The molecule has 2 aromatic heterocycles. The fourth-order valence-electron chi connectivity index (χ4n) is 4.19. The molecule has 0 aliphatic rings. The quantitative estimate of drug-likeness (QED) is 0.387. The van der Waals surface area contributed by atoms with Crippen LogP contribution in [0.25, 0.3) is 27.2 Å². The minimum atomic E-state index is -0.599. The molecular weight excluding hydrogens is 452 g/mol. The zero-order valence-corrected chi connectivity index (χ0v) is 19.4. The minimum Gasteiger partial charge on any atom is -0.493 e. The average molecular weight is 472 g/mol. The van der Waals surface area contributed by atoms with Crippen molar-refractivity contribution in [3.8, 4) is 28.7 Å². The van der Waals surface area contributed by atoms with Gasteiger partial charge < -0.3 is 14.2 Å². The van der Waals surface area contributed by atoms with Gasteiger partial charge >= 0.3 is 0 Å². The number of nitrogens with zero attached hydrogens (tertiary/aromatic N) is 2. The Kier molecular flexibility index (Phi) is 5.05. The van der Waals surface area contributed by atoms with Crippen LogP contribution in [0.3, 0.4) is 0 Å². The smallest absolute Gasteiger partial charge is 0.266 e. The van der Waals surface area contributed by atoms with Gasteiger partial charge in [-0.15, -0.1) is 0 Å². The van der Waals surface area contributed by atoms with Crippen molar-refractivity contribution in [1.82, 2.24) is 9.13 Å². The zero-order valence-electron chi connectivity index (χ0n) is 19.4. The highest BCUT2D eigenvalue weighted by Crippen LogP contribution is 2.37. The largest absolute Gasteiger partial charge is 0.493 e. The number of hydrogen-bond acceptors (Lipinski definition) is 7. The maximum absolute atomic E-state index is 13.2. The van der Waals surface area contributed by atoms with Gasteiger partial charge in [-0.05, 0) is 48.9 Å². The van der Waals surface area contributed by atoms with Crippen LogP contribution in [0.15, 0.2) is 67.7 Å². The second-order valence-corrected chi connectivity index (χ2v) is 8.15. The molecule has 0 amide bonds. The van der Waals surface area contributed by atoms with E-state index < -0.39 is 22.2 Å². The summed E-state index contributed by atoms with van der Waals surface area (Å²) >= 11 is 0. The predicted octanol–water partition coefficient (Wildman–Crippen LogP) is 2.56. The molecule has 0 atom stereocenters. The van der Waals surface area contributed by atoms with Crippen LogP contribution in [0.4, 0.5) is 0 Å². The third-order valence-corrected chi connectivity index (χ3v) is 6.04. The van der Waals surface area contributed by atoms with Gasteiger partial charge in [-0.1, -0.05) is 6.07 Å². The van der Waals surface area contributed by atoms with Gasteiger partial charge in [-0.3, -0.25) is 23.7 Å². The van der Waals surface area contributed by atoms with Crippen molar-refractivity contribution in [1.29, 1.82) is 0 Å². The molecule has 9 heteroatoms. The Bertz CT molecular complexity index is 1770. The van der Waals surface area contributed by atoms with Crippen LogP contribution in [0.1, 0.15) is 5.56 Å². The van der Waals surface area contributed by atoms with Crippen molar-refractivity contribution in [2.75, 3.05) is 14.2 Å². The number of benzene rings is 3. The first-order chi connectivity index (χ1) is 16.7. The van der Waals surface area contributed by atoms with Crippen LogP contribution >= 0.6 is 0 Å². The second kappa shape index (κ2) is 7.98. The number of methoxy groups -OCH3 is 2. The van der Waals surface area contributed by atoms with E-state index in [0.717, 1.165) is 14.7 Å². The Balaban J connectivity index is 1.65.